The summed E-state index contributed by atoms with van der Waals surface area (Å²) in [6, 6.07) is 21.0. The molecule has 4 aromatic rings. The molecule has 0 amide bonds. The van der Waals surface area contributed by atoms with Crippen molar-refractivity contribution in [2.45, 2.75) is 6.61 Å². The Hall–Kier alpha value is -2.67. The molecule has 7 heteroatoms. The normalized spacial score (nSPS) is 11.0. The minimum absolute atomic E-state index is 0.0498. The quantitative estimate of drug-likeness (QED) is 0.399. The molecule has 0 aliphatic heterocycles. The summed E-state index contributed by atoms with van der Waals surface area (Å²) in [5.41, 5.74) is 10.1. The van der Waals surface area contributed by atoms with E-state index in [1.54, 1.807) is 16.1 Å². The van der Waals surface area contributed by atoms with E-state index in [-0.39, 0.29) is 12.6 Å². The van der Waals surface area contributed by atoms with Gasteiger partial charge in [0.25, 0.3) is 0 Å². The minimum Gasteiger partial charge on any atom is -0.392 e. The van der Waals surface area contributed by atoms with Crippen LogP contribution >= 0.6 is 27.7 Å². The summed E-state index contributed by atoms with van der Waals surface area (Å²) in [6.45, 7) is -0.0498. The first-order valence-electron chi connectivity index (χ1n) is 8.54. The third-order valence-electron chi connectivity index (χ3n) is 4.39. The van der Waals surface area contributed by atoms with Crippen LogP contribution in [-0.4, -0.2) is 15.1 Å². The highest BCUT2D eigenvalue weighted by atomic mass is 79.9. The second-order valence-electron chi connectivity index (χ2n) is 6.23. The molecule has 0 atom stereocenters. The predicted octanol–water partition coefficient (Wildman–Crippen LogP) is 5.47. The molecule has 0 aliphatic rings. The van der Waals surface area contributed by atoms with E-state index in [2.05, 4.69) is 26.1 Å². The molecule has 3 N–H and O–H groups in total. The fourth-order valence-electron chi connectivity index (χ4n) is 3.02. The van der Waals surface area contributed by atoms with Crippen LogP contribution in [0.1, 0.15) is 5.56 Å². The molecular formula is C21H16BrClN4O. The van der Waals surface area contributed by atoms with Crippen LogP contribution < -0.4 is 9.66 Å². The van der Waals surface area contributed by atoms with Crippen LogP contribution in [0.25, 0.3) is 22.0 Å². The Morgan fingerprint density at radius 2 is 1.79 bits per heavy atom. The lowest BCUT2D eigenvalue weighted by Gasteiger charge is -2.18. The number of aliphatic hydroxyl groups is 1. The van der Waals surface area contributed by atoms with E-state index < -0.39 is 0 Å². The highest BCUT2D eigenvalue weighted by Crippen LogP contribution is 2.37. The van der Waals surface area contributed by atoms with Gasteiger partial charge in [0.1, 0.15) is 0 Å². The van der Waals surface area contributed by atoms with Gasteiger partial charge in [-0.15, -0.1) is 0 Å². The highest BCUT2D eigenvalue weighted by Gasteiger charge is 2.15. The molecular weight excluding hydrogens is 440 g/mol. The number of nitrogens with two attached hydrogens (primary N) is 1. The maximum absolute atomic E-state index is 9.46. The zero-order chi connectivity index (χ0) is 19.7. The van der Waals surface area contributed by atoms with E-state index in [4.69, 9.17) is 17.3 Å². The lowest BCUT2D eigenvalue weighted by molar-refractivity contribution is 0.282. The number of benzene rings is 3. The Balaban J connectivity index is 1.91. The van der Waals surface area contributed by atoms with Crippen molar-refractivity contribution >= 4 is 56.1 Å². The Kier molecular flexibility index (Phi) is 5.17. The van der Waals surface area contributed by atoms with E-state index in [1.165, 1.54) is 0 Å². The van der Waals surface area contributed by atoms with Crippen molar-refractivity contribution in [3.05, 3.63) is 77.3 Å². The molecule has 0 fully saturated rings. The second-order valence-corrected chi connectivity index (χ2v) is 7.34. The number of halogens is 2. The number of aliphatic hydroxyl groups excluding tert-OH is 1. The van der Waals surface area contributed by atoms with Gasteiger partial charge in [-0.25, -0.2) is 4.98 Å². The van der Waals surface area contributed by atoms with Crippen LogP contribution in [0.5, 0.6) is 0 Å². The number of para-hydroxylation sites is 1. The lowest BCUT2D eigenvalue weighted by atomic mass is 10.0. The van der Waals surface area contributed by atoms with E-state index in [0.29, 0.717) is 10.8 Å². The first-order valence-corrected chi connectivity index (χ1v) is 9.63. The Labute approximate surface area is 175 Å². The maximum Gasteiger partial charge on any atom is 0.222 e. The largest absolute Gasteiger partial charge is 0.392 e. The van der Waals surface area contributed by atoms with Crippen LogP contribution in [0.2, 0.25) is 5.02 Å². The van der Waals surface area contributed by atoms with Crippen molar-refractivity contribution in [3.63, 3.8) is 0 Å². The van der Waals surface area contributed by atoms with E-state index >= 15 is 0 Å². The molecule has 1 heterocycles. The summed E-state index contributed by atoms with van der Waals surface area (Å²) in [4.78, 5) is 8.79. The molecule has 0 radical (unpaired) electrons. The van der Waals surface area contributed by atoms with Gasteiger partial charge in [-0.05, 0) is 47.5 Å². The van der Waals surface area contributed by atoms with E-state index in [0.717, 1.165) is 33.3 Å². The Bertz CT molecular complexity index is 1150. The third-order valence-corrected chi connectivity index (χ3v) is 5.46. The second kappa shape index (κ2) is 7.75. The molecule has 3 aromatic carbocycles. The number of fused-ring (bicyclic) bond motifs is 1. The van der Waals surface area contributed by atoms with Gasteiger partial charge in [-0.2, -0.15) is 4.98 Å². The summed E-state index contributed by atoms with van der Waals surface area (Å²) in [5.74, 6) is 0.820. The Morgan fingerprint density at radius 3 is 2.54 bits per heavy atom. The van der Waals surface area contributed by atoms with Gasteiger partial charge in [0, 0.05) is 16.0 Å². The zero-order valence-corrected chi connectivity index (χ0v) is 17.0. The topological polar surface area (TPSA) is 75.3 Å². The number of anilines is 3. The summed E-state index contributed by atoms with van der Waals surface area (Å²) >= 11 is 10.0. The summed E-state index contributed by atoms with van der Waals surface area (Å²) < 4.78 is 1.79. The number of hydrogen-bond donors (Lipinski definition) is 2. The van der Waals surface area contributed by atoms with Crippen molar-refractivity contribution in [2.24, 2.45) is 0 Å². The van der Waals surface area contributed by atoms with Crippen molar-refractivity contribution in [1.29, 1.82) is 0 Å². The molecule has 0 bridgehead atoms. The van der Waals surface area contributed by atoms with Crippen molar-refractivity contribution < 1.29 is 5.11 Å². The highest BCUT2D eigenvalue weighted by molar-refractivity contribution is 9.10. The zero-order valence-electron chi connectivity index (χ0n) is 14.7. The summed E-state index contributed by atoms with van der Waals surface area (Å²) in [7, 11) is 0. The molecule has 5 nitrogen and oxygen atoms in total. The number of rotatable bonds is 4. The van der Waals surface area contributed by atoms with Gasteiger partial charge in [0.15, 0.2) is 5.82 Å². The van der Waals surface area contributed by atoms with E-state index in [1.807, 2.05) is 54.6 Å². The molecule has 4 rings (SSSR count). The minimum atomic E-state index is -0.0498. The number of hydrogen-bond acceptors (Lipinski definition) is 5. The molecule has 0 aliphatic carbocycles. The molecule has 28 heavy (non-hydrogen) atoms. The van der Waals surface area contributed by atoms with Gasteiger partial charge in [-0.3, -0.25) is 3.93 Å². The summed E-state index contributed by atoms with van der Waals surface area (Å²) in [5, 5.41) is 10.9. The van der Waals surface area contributed by atoms with Gasteiger partial charge in [0.05, 0.1) is 34.0 Å². The van der Waals surface area contributed by atoms with Crippen LogP contribution in [-0.2, 0) is 6.61 Å². The maximum atomic E-state index is 9.46. The number of nitrogen functional groups attached to an aromatic ring is 1. The molecule has 0 saturated carbocycles. The van der Waals surface area contributed by atoms with Gasteiger partial charge in [0.2, 0.25) is 5.95 Å². The third kappa shape index (κ3) is 3.54. The average molecular weight is 456 g/mol. The smallest absolute Gasteiger partial charge is 0.222 e. The van der Waals surface area contributed by atoms with Crippen LogP contribution in [0.15, 0.2) is 66.7 Å². The standard InChI is InChI=1S/C21H16BrClN4O/c22-27(15-4-2-1-3-5-15)20-17-11-14(7-9-19(17)25-21(24)26-20)16-10-13(12-28)6-8-18(16)23/h1-11,28H,12H2,(H2,24,25,26). The summed E-state index contributed by atoms with van der Waals surface area (Å²) in [6.07, 6.45) is 0. The van der Waals surface area contributed by atoms with E-state index in [9.17, 15) is 5.11 Å². The molecule has 140 valence electrons. The first-order chi connectivity index (χ1) is 13.6. The Morgan fingerprint density at radius 1 is 1.00 bits per heavy atom. The number of aromatic nitrogens is 2. The predicted molar refractivity (Wildman–Crippen MR) is 118 cm³/mol. The first kappa shape index (κ1) is 18.7. The molecule has 0 saturated heterocycles. The SMILES string of the molecule is Nc1nc(N(Br)c2ccccc2)c2cc(-c3cc(CO)ccc3Cl)ccc2n1. The van der Waals surface area contributed by atoms with Crippen LogP contribution in [0.3, 0.4) is 0 Å². The van der Waals surface area contributed by atoms with Crippen LogP contribution in [0, 0.1) is 0 Å². The van der Waals surface area contributed by atoms with Crippen molar-refractivity contribution in [3.8, 4) is 11.1 Å². The molecule has 1 aromatic heterocycles. The van der Waals surface area contributed by atoms with Gasteiger partial charge < -0.3 is 10.8 Å². The molecule has 0 unspecified atom stereocenters. The van der Waals surface area contributed by atoms with Crippen LogP contribution in [0.4, 0.5) is 17.5 Å². The van der Waals surface area contributed by atoms with Gasteiger partial charge in [-0.1, -0.05) is 41.9 Å². The monoisotopic (exact) mass is 454 g/mol. The van der Waals surface area contributed by atoms with Crippen molar-refractivity contribution in [2.75, 3.05) is 9.66 Å². The number of nitrogens with zero attached hydrogens (tertiary/aromatic N) is 3. The molecule has 0 spiro atoms. The average Bonchev–Trinajstić information content (AvgIpc) is 2.73. The van der Waals surface area contributed by atoms with Crippen molar-refractivity contribution in [1.82, 2.24) is 9.97 Å². The fourth-order valence-corrected chi connectivity index (χ4v) is 3.75. The van der Waals surface area contributed by atoms with Gasteiger partial charge >= 0.3 is 0 Å². The lowest BCUT2D eigenvalue weighted by Crippen LogP contribution is -2.07. The fraction of sp³-hybridized carbons (Fsp3) is 0.0476.